The molecule has 0 spiro atoms. The number of hydrogen-bond acceptors (Lipinski definition) is 4. The largest absolute Gasteiger partial charge is 0.507 e. The number of pyridine rings is 1. The number of amides is 1. The fraction of sp³-hybridized carbons (Fsp3) is 0.333. The smallest absolute Gasteiger partial charge is 0.255 e. The summed E-state index contributed by atoms with van der Waals surface area (Å²) in [4.78, 5) is 18.8. The Kier molecular flexibility index (Phi) is 5.57. The predicted molar refractivity (Wildman–Crippen MR) is 91.8 cm³/mol. The van der Waals surface area contributed by atoms with Gasteiger partial charge in [-0.2, -0.15) is 0 Å². The number of anilines is 1. The van der Waals surface area contributed by atoms with Crippen LogP contribution in [0.3, 0.4) is 0 Å². The fourth-order valence-electron chi connectivity index (χ4n) is 2.48. The van der Waals surface area contributed by atoms with Gasteiger partial charge in [0.25, 0.3) is 5.91 Å². The highest BCUT2D eigenvalue weighted by Gasteiger charge is 2.13. The summed E-state index contributed by atoms with van der Waals surface area (Å²) in [6, 6.07) is 8.84. The Morgan fingerprint density at radius 3 is 2.65 bits per heavy atom. The quantitative estimate of drug-likeness (QED) is 0.860. The lowest BCUT2D eigenvalue weighted by Crippen LogP contribution is -2.27. The van der Waals surface area contributed by atoms with E-state index in [1.165, 1.54) is 0 Å². The van der Waals surface area contributed by atoms with Gasteiger partial charge in [0.2, 0.25) is 0 Å². The van der Waals surface area contributed by atoms with Crippen LogP contribution in [-0.2, 0) is 6.54 Å². The normalized spacial score (nSPS) is 10.4. The van der Waals surface area contributed by atoms with E-state index in [1.54, 1.807) is 24.4 Å². The van der Waals surface area contributed by atoms with Crippen LogP contribution in [0.15, 0.2) is 36.5 Å². The Balaban J connectivity index is 2.13. The van der Waals surface area contributed by atoms with E-state index in [-0.39, 0.29) is 17.2 Å². The monoisotopic (exact) mass is 313 g/mol. The Labute approximate surface area is 137 Å². The maximum atomic E-state index is 12.3. The molecule has 23 heavy (non-hydrogen) atoms. The van der Waals surface area contributed by atoms with Gasteiger partial charge in [-0.1, -0.05) is 12.1 Å². The third-order valence-corrected chi connectivity index (χ3v) is 3.77. The van der Waals surface area contributed by atoms with Crippen molar-refractivity contribution in [2.45, 2.75) is 27.3 Å². The van der Waals surface area contributed by atoms with E-state index < -0.39 is 0 Å². The molecule has 0 bridgehead atoms. The predicted octanol–water partition coefficient (Wildman–Crippen LogP) is 2.87. The molecule has 2 aromatic rings. The van der Waals surface area contributed by atoms with Crippen LogP contribution in [0.1, 0.15) is 35.3 Å². The standard InChI is InChI=1S/C18H23N3O2/c1-4-21(5-2)17-14(7-6-10-19-17)12-20-18(23)15-9-8-13(3)11-16(15)22/h6-11,22H,4-5,12H2,1-3H3,(H,20,23). The van der Waals surface area contributed by atoms with Crippen molar-refractivity contribution in [3.8, 4) is 5.75 Å². The van der Waals surface area contributed by atoms with E-state index in [0.717, 1.165) is 30.0 Å². The Hall–Kier alpha value is -2.56. The summed E-state index contributed by atoms with van der Waals surface area (Å²) in [6.07, 6.45) is 1.75. The SMILES string of the molecule is CCN(CC)c1ncccc1CNC(=O)c1ccc(C)cc1O. The molecule has 0 unspecified atom stereocenters. The molecule has 0 aliphatic carbocycles. The van der Waals surface area contributed by atoms with Crippen LogP contribution in [0, 0.1) is 6.92 Å². The van der Waals surface area contributed by atoms with E-state index in [2.05, 4.69) is 29.0 Å². The minimum atomic E-state index is -0.295. The number of aromatic nitrogens is 1. The summed E-state index contributed by atoms with van der Waals surface area (Å²) in [5.74, 6) is 0.584. The van der Waals surface area contributed by atoms with Gasteiger partial charge >= 0.3 is 0 Å². The second kappa shape index (κ2) is 7.63. The number of nitrogens with one attached hydrogen (secondary N) is 1. The molecule has 0 fully saturated rings. The number of carbonyl (C=O) groups excluding carboxylic acids is 1. The molecule has 0 saturated carbocycles. The van der Waals surface area contributed by atoms with Gasteiger partial charge in [0.05, 0.1) is 5.56 Å². The second-order valence-corrected chi connectivity index (χ2v) is 5.36. The molecule has 5 heteroatoms. The van der Waals surface area contributed by atoms with Crippen molar-refractivity contribution in [1.29, 1.82) is 0 Å². The summed E-state index contributed by atoms with van der Waals surface area (Å²) in [5, 5.41) is 12.7. The van der Waals surface area contributed by atoms with Crippen LogP contribution < -0.4 is 10.2 Å². The first-order chi connectivity index (χ1) is 11.1. The lowest BCUT2D eigenvalue weighted by Gasteiger charge is -2.22. The minimum Gasteiger partial charge on any atom is -0.507 e. The van der Waals surface area contributed by atoms with Crippen LogP contribution in [0.4, 0.5) is 5.82 Å². The first-order valence-corrected chi connectivity index (χ1v) is 7.83. The molecular weight excluding hydrogens is 290 g/mol. The zero-order chi connectivity index (χ0) is 16.8. The van der Waals surface area contributed by atoms with Crippen molar-refractivity contribution in [3.63, 3.8) is 0 Å². The Morgan fingerprint density at radius 2 is 2.00 bits per heavy atom. The summed E-state index contributed by atoms with van der Waals surface area (Å²) in [7, 11) is 0. The number of benzene rings is 1. The van der Waals surface area contributed by atoms with Crippen LogP contribution in [0.25, 0.3) is 0 Å². The average molecular weight is 313 g/mol. The molecule has 2 N–H and O–H groups in total. The highest BCUT2D eigenvalue weighted by atomic mass is 16.3. The van der Waals surface area contributed by atoms with E-state index in [1.807, 2.05) is 19.1 Å². The van der Waals surface area contributed by atoms with Crippen molar-refractivity contribution in [1.82, 2.24) is 10.3 Å². The number of nitrogens with zero attached hydrogens (tertiary/aromatic N) is 2. The van der Waals surface area contributed by atoms with Crippen molar-refractivity contribution in [2.75, 3.05) is 18.0 Å². The molecule has 0 radical (unpaired) electrons. The summed E-state index contributed by atoms with van der Waals surface area (Å²) >= 11 is 0. The zero-order valence-electron chi connectivity index (χ0n) is 13.8. The van der Waals surface area contributed by atoms with E-state index >= 15 is 0 Å². The summed E-state index contributed by atoms with van der Waals surface area (Å²) in [5.41, 5.74) is 2.15. The molecule has 1 amide bonds. The highest BCUT2D eigenvalue weighted by Crippen LogP contribution is 2.20. The lowest BCUT2D eigenvalue weighted by molar-refractivity contribution is 0.0948. The van der Waals surface area contributed by atoms with E-state index in [9.17, 15) is 9.90 Å². The van der Waals surface area contributed by atoms with Gasteiger partial charge in [-0.3, -0.25) is 4.79 Å². The van der Waals surface area contributed by atoms with Gasteiger partial charge in [0.1, 0.15) is 11.6 Å². The van der Waals surface area contributed by atoms with Crippen LogP contribution in [0.5, 0.6) is 5.75 Å². The maximum absolute atomic E-state index is 12.3. The van der Waals surface area contributed by atoms with Crippen LogP contribution >= 0.6 is 0 Å². The number of aryl methyl sites for hydroxylation is 1. The number of hydrogen-bond donors (Lipinski definition) is 2. The molecule has 122 valence electrons. The number of phenolic OH excluding ortho intramolecular Hbond substituents is 1. The number of phenols is 1. The first-order valence-electron chi connectivity index (χ1n) is 7.83. The average Bonchev–Trinajstić information content (AvgIpc) is 2.55. The van der Waals surface area contributed by atoms with Gasteiger partial charge in [0, 0.05) is 31.4 Å². The number of rotatable bonds is 6. The van der Waals surface area contributed by atoms with E-state index in [4.69, 9.17) is 0 Å². The first kappa shape index (κ1) is 16.8. The molecular formula is C18H23N3O2. The molecule has 5 nitrogen and oxygen atoms in total. The Bertz CT molecular complexity index is 682. The maximum Gasteiger partial charge on any atom is 0.255 e. The van der Waals surface area contributed by atoms with Crippen LogP contribution in [0.2, 0.25) is 0 Å². The van der Waals surface area contributed by atoms with Crippen molar-refractivity contribution >= 4 is 11.7 Å². The summed E-state index contributed by atoms with van der Waals surface area (Å²) in [6.45, 7) is 8.09. The van der Waals surface area contributed by atoms with Gasteiger partial charge in [0.15, 0.2) is 0 Å². The highest BCUT2D eigenvalue weighted by molar-refractivity contribution is 5.96. The number of carbonyl (C=O) groups is 1. The lowest BCUT2D eigenvalue weighted by atomic mass is 10.1. The molecule has 0 atom stereocenters. The van der Waals surface area contributed by atoms with Crippen molar-refractivity contribution < 1.29 is 9.90 Å². The van der Waals surface area contributed by atoms with E-state index in [0.29, 0.717) is 6.54 Å². The molecule has 1 aromatic carbocycles. The third-order valence-electron chi connectivity index (χ3n) is 3.77. The minimum absolute atomic E-state index is 0.00217. The Morgan fingerprint density at radius 1 is 1.26 bits per heavy atom. The molecule has 2 rings (SSSR count). The third kappa shape index (κ3) is 4.00. The topological polar surface area (TPSA) is 65.5 Å². The van der Waals surface area contributed by atoms with Crippen molar-refractivity contribution in [2.24, 2.45) is 0 Å². The number of aromatic hydroxyl groups is 1. The molecule has 1 aromatic heterocycles. The van der Waals surface area contributed by atoms with Gasteiger partial charge in [-0.15, -0.1) is 0 Å². The molecule has 1 heterocycles. The van der Waals surface area contributed by atoms with Gasteiger partial charge in [-0.25, -0.2) is 4.98 Å². The second-order valence-electron chi connectivity index (χ2n) is 5.36. The van der Waals surface area contributed by atoms with Crippen LogP contribution in [-0.4, -0.2) is 29.1 Å². The van der Waals surface area contributed by atoms with Crippen molar-refractivity contribution in [3.05, 3.63) is 53.2 Å². The molecule has 0 saturated heterocycles. The molecule has 0 aliphatic heterocycles. The fourth-order valence-corrected chi connectivity index (χ4v) is 2.48. The molecule has 0 aliphatic rings. The van der Waals surface area contributed by atoms with Gasteiger partial charge < -0.3 is 15.3 Å². The van der Waals surface area contributed by atoms with Gasteiger partial charge in [-0.05, 0) is 44.5 Å². The summed E-state index contributed by atoms with van der Waals surface area (Å²) < 4.78 is 0. The zero-order valence-corrected chi connectivity index (χ0v) is 13.8.